The third-order valence-electron chi connectivity index (χ3n) is 3.01. The van der Waals surface area contributed by atoms with E-state index in [1.165, 1.54) is 30.4 Å². The summed E-state index contributed by atoms with van der Waals surface area (Å²) in [6.45, 7) is 0. The van der Waals surface area contributed by atoms with Gasteiger partial charge < -0.3 is 0 Å². The first-order chi connectivity index (χ1) is 8.38. The maximum atomic E-state index is 3.64. The summed E-state index contributed by atoms with van der Waals surface area (Å²) in [5, 5.41) is 5.51. The van der Waals surface area contributed by atoms with Crippen molar-refractivity contribution >= 4 is 27.3 Å². The summed E-state index contributed by atoms with van der Waals surface area (Å²) in [5.74, 6) is 0.734. The van der Waals surface area contributed by atoms with Crippen LogP contribution in [0.15, 0.2) is 47.2 Å². The molecule has 0 spiro atoms. The van der Waals surface area contributed by atoms with E-state index in [0.29, 0.717) is 0 Å². The van der Waals surface area contributed by atoms with Crippen molar-refractivity contribution in [2.75, 3.05) is 5.33 Å². The second-order valence-electron chi connectivity index (χ2n) is 4.38. The molecule has 0 bridgehead atoms. The van der Waals surface area contributed by atoms with Crippen molar-refractivity contribution in [1.29, 1.82) is 0 Å². The van der Waals surface area contributed by atoms with E-state index in [1.54, 1.807) is 11.3 Å². The molecule has 2 aromatic rings. The first kappa shape index (κ1) is 12.8. The average Bonchev–Trinajstić information content (AvgIpc) is 2.89. The first-order valence-electron chi connectivity index (χ1n) is 5.99. The smallest absolute Gasteiger partial charge is 0.00629 e. The van der Waals surface area contributed by atoms with Crippen LogP contribution in [0.4, 0.5) is 0 Å². The molecule has 0 fully saturated rings. The van der Waals surface area contributed by atoms with Gasteiger partial charge in [0.05, 0.1) is 0 Å². The van der Waals surface area contributed by atoms with Gasteiger partial charge in [0, 0.05) is 5.33 Å². The lowest BCUT2D eigenvalue weighted by atomic mass is 9.95. The molecule has 1 unspecified atom stereocenters. The molecule has 0 nitrogen and oxygen atoms in total. The Kier molecular flexibility index (Phi) is 5.27. The number of thiophene rings is 1. The zero-order valence-electron chi connectivity index (χ0n) is 9.81. The number of halogens is 1. The highest BCUT2D eigenvalue weighted by Gasteiger charge is 2.08. The topological polar surface area (TPSA) is 0 Å². The monoisotopic (exact) mass is 308 g/mol. The Bertz CT molecular complexity index is 408. The highest BCUT2D eigenvalue weighted by Crippen LogP contribution is 2.18. The van der Waals surface area contributed by atoms with Gasteiger partial charge in [-0.3, -0.25) is 0 Å². The molecule has 1 heterocycles. The Morgan fingerprint density at radius 2 is 1.88 bits per heavy atom. The third kappa shape index (κ3) is 4.29. The van der Waals surface area contributed by atoms with Crippen molar-refractivity contribution in [3.63, 3.8) is 0 Å². The second-order valence-corrected chi connectivity index (χ2v) is 5.81. The van der Waals surface area contributed by atoms with Gasteiger partial charge in [-0.1, -0.05) is 46.3 Å². The summed E-state index contributed by atoms with van der Waals surface area (Å²) in [5.41, 5.74) is 2.93. The van der Waals surface area contributed by atoms with E-state index in [9.17, 15) is 0 Å². The fourth-order valence-corrected chi connectivity index (χ4v) is 3.24. The van der Waals surface area contributed by atoms with Gasteiger partial charge >= 0.3 is 0 Å². The van der Waals surface area contributed by atoms with Gasteiger partial charge in [0.15, 0.2) is 0 Å². The van der Waals surface area contributed by atoms with Crippen LogP contribution >= 0.6 is 27.3 Å². The fourth-order valence-electron chi connectivity index (χ4n) is 1.99. The minimum Gasteiger partial charge on any atom is -0.152 e. The molecule has 1 aromatic carbocycles. The number of rotatable bonds is 6. The maximum Gasteiger partial charge on any atom is 0.00629 e. The summed E-state index contributed by atoms with van der Waals surface area (Å²) >= 11 is 5.43. The highest BCUT2D eigenvalue weighted by atomic mass is 79.9. The predicted molar refractivity (Wildman–Crippen MR) is 80.1 cm³/mol. The molecule has 1 aromatic heterocycles. The lowest BCUT2D eigenvalue weighted by Gasteiger charge is -2.13. The summed E-state index contributed by atoms with van der Waals surface area (Å²) < 4.78 is 0. The zero-order valence-corrected chi connectivity index (χ0v) is 12.2. The van der Waals surface area contributed by atoms with Crippen LogP contribution in [0.1, 0.15) is 17.5 Å². The van der Waals surface area contributed by atoms with Gasteiger partial charge in [-0.15, -0.1) is 0 Å². The van der Waals surface area contributed by atoms with E-state index in [1.807, 2.05) is 0 Å². The summed E-state index contributed by atoms with van der Waals surface area (Å²) in [6.07, 6.45) is 3.64. The van der Waals surface area contributed by atoms with E-state index < -0.39 is 0 Å². The summed E-state index contributed by atoms with van der Waals surface area (Å²) in [4.78, 5) is 0. The van der Waals surface area contributed by atoms with Crippen LogP contribution in [-0.2, 0) is 12.8 Å². The van der Waals surface area contributed by atoms with Gasteiger partial charge in [0.25, 0.3) is 0 Å². The second kappa shape index (κ2) is 6.97. The van der Waals surface area contributed by atoms with E-state index in [4.69, 9.17) is 0 Å². The van der Waals surface area contributed by atoms with Crippen molar-refractivity contribution < 1.29 is 0 Å². The lowest BCUT2D eigenvalue weighted by molar-refractivity contribution is 0.543. The number of alkyl halides is 1. The lowest BCUT2D eigenvalue weighted by Crippen LogP contribution is -2.07. The van der Waals surface area contributed by atoms with Crippen LogP contribution in [0, 0.1) is 5.92 Å². The van der Waals surface area contributed by atoms with Gasteiger partial charge in [-0.05, 0) is 53.1 Å². The molecule has 0 saturated carbocycles. The number of benzene rings is 1. The molecule has 0 radical (unpaired) electrons. The quantitative estimate of drug-likeness (QED) is 0.663. The van der Waals surface area contributed by atoms with Crippen LogP contribution in [0.25, 0.3) is 0 Å². The molecule has 0 aliphatic carbocycles. The number of hydrogen-bond acceptors (Lipinski definition) is 1. The largest absolute Gasteiger partial charge is 0.152 e. The Balaban J connectivity index is 1.85. The molecular formula is C15H17BrS. The van der Waals surface area contributed by atoms with E-state index in [-0.39, 0.29) is 0 Å². The Morgan fingerprint density at radius 1 is 1.06 bits per heavy atom. The molecule has 0 amide bonds. The van der Waals surface area contributed by atoms with Crippen LogP contribution in [0.3, 0.4) is 0 Å². The zero-order chi connectivity index (χ0) is 11.9. The average molecular weight is 309 g/mol. The molecule has 2 heteroatoms. The van der Waals surface area contributed by atoms with Crippen molar-refractivity contribution in [2.45, 2.75) is 19.3 Å². The maximum absolute atomic E-state index is 3.64. The summed E-state index contributed by atoms with van der Waals surface area (Å²) in [6, 6.07) is 13.0. The third-order valence-corrected chi connectivity index (χ3v) is 4.65. The van der Waals surface area contributed by atoms with Crippen LogP contribution in [0.5, 0.6) is 0 Å². The van der Waals surface area contributed by atoms with Crippen molar-refractivity contribution in [3.05, 3.63) is 58.3 Å². The van der Waals surface area contributed by atoms with Gasteiger partial charge in [0.2, 0.25) is 0 Å². The molecule has 0 aliphatic heterocycles. The molecule has 90 valence electrons. The molecular weight excluding hydrogens is 292 g/mol. The van der Waals surface area contributed by atoms with Crippen LogP contribution in [0.2, 0.25) is 0 Å². The number of hydrogen-bond donors (Lipinski definition) is 0. The fraction of sp³-hybridized carbons (Fsp3) is 0.333. The van der Waals surface area contributed by atoms with Crippen molar-refractivity contribution in [3.8, 4) is 0 Å². The summed E-state index contributed by atoms with van der Waals surface area (Å²) in [7, 11) is 0. The highest BCUT2D eigenvalue weighted by molar-refractivity contribution is 9.09. The standard InChI is InChI=1S/C15H17BrS/c16-11-15(7-6-14-8-9-17-12-14)10-13-4-2-1-3-5-13/h1-5,8-9,12,15H,6-7,10-11H2. The van der Waals surface area contributed by atoms with E-state index >= 15 is 0 Å². The SMILES string of the molecule is BrCC(CCc1ccsc1)Cc1ccccc1. The molecule has 0 N–H and O–H groups in total. The van der Waals surface area contributed by atoms with Gasteiger partial charge in [-0.2, -0.15) is 11.3 Å². The van der Waals surface area contributed by atoms with Gasteiger partial charge in [0.1, 0.15) is 0 Å². The van der Waals surface area contributed by atoms with E-state index in [0.717, 1.165) is 11.2 Å². The van der Waals surface area contributed by atoms with Gasteiger partial charge in [-0.25, -0.2) is 0 Å². The Morgan fingerprint density at radius 3 is 2.53 bits per heavy atom. The molecule has 1 atom stereocenters. The molecule has 0 aliphatic rings. The van der Waals surface area contributed by atoms with Crippen LogP contribution < -0.4 is 0 Å². The normalized spacial score (nSPS) is 12.5. The van der Waals surface area contributed by atoms with Crippen molar-refractivity contribution in [2.24, 2.45) is 5.92 Å². The van der Waals surface area contributed by atoms with Crippen LogP contribution in [-0.4, -0.2) is 5.33 Å². The van der Waals surface area contributed by atoms with Crippen molar-refractivity contribution in [1.82, 2.24) is 0 Å². The van der Waals surface area contributed by atoms with E-state index in [2.05, 4.69) is 63.1 Å². The Hall–Kier alpha value is -0.600. The Labute approximate surface area is 116 Å². The molecule has 2 rings (SSSR count). The minimum atomic E-state index is 0.734. The first-order valence-corrected chi connectivity index (χ1v) is 8.06. The number of aryl methyl sites for hydroxylation is 1. The molecule has 0 saturated heterocycles. The minimum absolute atomic E-state index is 0.734. The predicted octanol–water partition coefficient (Wildman–Crippen LogP) is 4.93. The molecule has 17 heavy (non-hydrogen) atoms.